The summed E-state index contributed by atoms with van der Waals surface area (Å²) in [5.74, 6) is 1.12. The Hall–Kier alpha value is -3.23. The number of benzene rings is 3. The van der Waals surface area contributed by atoms with Gasteiger partial charge >= 0.3 is 6.18 Å². The van der Waals surface area contributed by atoms with E-state index in [1.54, 1.807) is 21.3 Å². The van der Waals surface area contributed by atoms with Crippen molar-refractivity contribution in [1.82, 2.24) is 10.2 Å². The molecule has 3 aromatic rings. The number of hydrogen-bond acceptors (Lipinski definition) is 4. The SMILES string of the molecule is CNC(=O)[C@@H](c1ccccc1)N1CCc2cc(OC)c(OC)cc2[C@H]1CCc1ccc(C(F)(F)F)cc1.Cl. The number of fused-ring (bicyclic) bond motifs is 1. The number of aryl methyl sites for hydroxylation is 1. The van der Waals surface area contributed by atoms with Crippen LogP contribution in [0.1, 0.15) is 46.3 Å². The van der Waals surface area contributed by atoms with Gasteiger partial charge in [-0.25, -0.2) is 0 Å². The zero-order valence-electron chi connectivity index (χ0n) is 21.5. The molecule has 0 saturated heterocycles. The number of halogens is 4. The average molecular weight is 549 g/mol. The molecular formula is C29H32ClF3N2O3. The monoisotopic (exact) mass is 548 g/mol. The van der Waals surface area contributed by atoms with E-state index in [9.17, 15) is 18.0 Å². The molecule has 1 N–H and O–H groups in total. The van der Waals surface area contributed by atoms with Crippen LogP contribution in [-0.4, -0.2) is 38.6 Å². The summed E-state index contributed by atoms with van der Waals surface area (Å²) in [6.45, 7) is 0.632. The quantitative estimate of drug-likeness (QED) is 0.366. The zero-order valence-corrected chi connectivity index (χ0v) is 22.4. The molecule has 5 nitrogen and oxygen atoms in total. The van der Waals surface area contributed by atoms with Crippen molar-refractivity contribution in [2.24, 2.45) is 0 Å². The number of likely N-dealkylation sites (N-methyl/N-ethyl adjacent to an activating group) is 1. The van der Waals surface area contributed by atoms with Crippen molar-refractivity contribution in [3.63, 3.8) is 0 Å². The maximum atomic E-state index is 13.2. The number of ether oxygens (including phenoxy) is 2. The molecule has 1 aliphatic rings. The fourth-order valence-electron chi connectivity index (χ4n) is 5.11. The van der Waals surface area contributed by atoms with Crippen molar-refractivity contribution < 1.29 is 27.4 Å². The van der Waals surface area contributed by atoms with Crippen LogP contribution in [0.5, 0.6) is 11.5 Å². The molecule has 0 spiro atoms. The van der Waals surface area contributed by atoms with E-state index in [-0.39, 0.29) is 24.4 Å². The minimum atomic E-state index is -4.37. The summed E-state index contributed by atoms with van der Waals surface area (Å²) in [6, 6.07) is 18.2. The Morgan fingerprint density at radius 3 is 2.24 bits per heavy atom. The van der Waals surface area contributed by atoms with Gasteiger partial charge in [0, 0.05) is 19.6 Å². The van der Waals surface area contributed by atoms with Crippen molar-refractivity contribution >= 4 is 18.3 Å². The maximum Gasteiger partial charge on any atom is 0.416 e. The van der Waals surface area contributed by atoms with Crippen molar-refractivity contribution in [2.75, 3.05) is 27.8 Å². The Morgan fingerprint density at radius 1 is 1.03 bits per heavy atom. The van der Waals surface area contributed by atoms with Crippen LogP contribution >= 0.6 is 12.4 Å². The zero-order chi connectivity index (χ0) is 26.6. The Bertz CT molecular complexity index is 1220. The Balaban J connectivity index is 0.00000400. The van der Waals surface area contributed by atoms with Crippen LogP contribution in [0.3, 0.4) is 0 Å². The minimum Gasteiger partial charge on any atom is -0.493 e. The first kappa shape index (κ1) is 29.3. The lowest BCUT2D eigenvalue weighted by molar-refractivity contribution is -0.137. The second kappa shape index (κ2) is 12.5. The second-order valence-electron chi connectivity index (χ2n) is 9.07. The van der Waals surface area contributed by atoms with E-state index in [2.05, 4.69) is 10.2 Å². The first-order valence-corrected chi connectivity index (χ1v) is 12.2. The Morgan fingerprint density at radius 2 is 1.66 bits per heavy atom. The lowest BCUT2D eigenvalue weighted by atomic mass is 9.86. The molecule has 1 heterocycles. The summed E-state index contributed by atoms with van der Waals surface area (Å²) in [4.78, 5) is 15.4. The molecule has 38 heavy (non-hydrogen) atoms. The van der Waals surface area contributed by atoms with Crippen molar-refractivity contribution in [3.8, 4) is 11.5 Å². The topological polar surface area (TPSA) is 50.8 Å². The Kier molecular flexibility index (Phi) is 9.68. The van der Waals surface area contributed by atoms with Gasteiger partial charge in [0.1, 0.15) is 6.04 Å². The molecular weight excluding hydrogens is 517 g/mol. The van der Waals surface area contributed by atoms with Crippen molar-refractivity contribution in [2.45, 2.75) is 37.5 Å². The van der Waals surface area contributed by atoms with E-state index < -0.39 is 17.8 Å². The number of methoxy groups -OCH3 is 2. The molecule has 204 valence electrons. The van der Waals surface area contributed by atoms with Crippen molar-refractivity contribution in [1.29, 1.82) is 0 Å². The molecule has 1 aliphatic heterocycles. The molecule has 0 aliphatic carbocycles. The van der Waals surface area contributed by atoms with Gasteiger partial charge in [-0.3, -0.25) is 9.69 Å². The molecule has 0 radical (unpaired) electrons. The highest BCUT2D eigenvalue weighted by Crippen LogP contribution is 2.43. The minimum absolute atomic E-state index is 0. The van der Waals surface area contributed by atoms with Gasteiger partial charge in [-0.05, 0) is 65.8 Å². The standard InChI is InChI=1S/C29H31F3N2O3.ClH/c1-33-28(35)27(20-7-5-4-6-8-20)34-16-15-21-17-25(36-2)26(37-3)18-23(21)24(34)14-11-19-9-12-22(13-10-19)29(30,31)32;/h4-10,12-13,17-18,24,27H,11,14-16H2,1-3H3,(H,33,35);1H/t24-,27-;/m1./s1. The van der Waals surface area contributed by atoms with Gasteiger partial charge in [0.2, 0.25) is 5.91 Å². The number of nitrogens with zero attached hydrogens (tertiary/aromatic N) is 1. The smallest absolute Gasteiger partial charge is 0.416 e. The van der Waals surface area contributed by atoms with E-state index in [4.69, 9.17) is 9.47 Å². The van der Waals surface area contributed by atoms with Gasteiger partial charge < -0.3 is 14.8 Å². The number of nitrogens with one attached hydrogen (secondary N) is 1. The summed E-state index contributed by atoms with van der Waals surface area (Å²) in [5, 5.41) is 2.81. The van der Waals surface area contributed by atoms with Gasteiger partial charge in [0.05, 0.1) is 19.8 Å². The Labute approximate surface area is 227 Å². The normalized spacial score (nSPS) is 16.1. The third-order valence-corrected chi connectivity index (χ3v) is 6.97. The van der Waals surface area contributed by atoms with E-state index in [0.29, 0.717) is 37.3 Å². The summed E-state index contributed by atoms with van der Waals surface area (Å²) in [5.41, 5.74) is 3.15. The molecule has 0 saturated carbocycles. The summed E-state index contributed by atoms with van der Waals surface area (Å²) < 4.78 is 50.2. The molecule has 1 amide bonds. The molecule has 4 rings (SSSR count). The summed E-state index contributed by atoms with van der Waals surface area (Å²) >= 11 is 0. The van der Waals surface area contributed by atoms with Crippen LogP contribution in [0, 0.1) is 0 Å². The number of hydrogen-bond donors (Lipinski definition) is 1. The molecule has 3 aromatic carbocycles. The van der Waals surface area contributed by atoms with Crippen LogP contribution in [0.25, 0.3) is 0 Å². The highest BCUT2D eigenvalue weighted by molar-refractivity contribution is 5.85. The average Bonchev–Trinajstić information content (AvgIpc) is 2.91. The van der Waals surface area contributed by atoms with Gasteiger partial charge in [-0.15, -0.1) is 12.4 Å². The number of amides is 1. The van der Waals surface area contributed by atoms with Crippen LogP contribution in [-0.2, 0) is 23.8 Å². The fourth-order valence-corrected chi connectivity index (χ4v) is 5.11. The number of rotatable bonds is 8. The van der Waals surface area contributed by atoms with E-state index in [1.807, 2.05) is 42.5 Å². The number of alkyl halides is 3. The van der Waals surface area contributed by atoms with Gasteiger partial charge in [0.15, 0.2) is 11.5 Å². The highest BCUT2D eigenvalue weighted by Gasteiger charge is 2.37. The molecule has 9 heteroatoms. The predicted molar refractivity (Wildman–Crippen MR) is 143 cm³/mol. The van der Waals surface area contributed by atoms with Crippen LogP contribution in [0.4, 0.5) is 13.2 Å². The second-order valence-corrected chi connectivity index (χ2v) is 9.07. The maximum absolute atomic E-state index is 13.2. The fraction of sp³-hybridized carbons (Fsp3) is 0.345. The van der Waals surface area contributed by atoms with E-state index >= 15 is 0 Å². The van der Waals surface area contributed by atoms with Crippen molar-refractivity contribution in [3.05, 3.63) is 94.5 Å². The lowest BCUT2D eigenvalue weighted by Gasteiger charge is -2.42. The van der Waals surface area contributed by atoms with Crippen LogP contribution < -0.4 is 14.8 Å². The number of carbonyl (C=O) groups excluding carboxylic acids is 1. The molecule has 0 fully saturated rings. The number of carbonyl (C=O) groups is 1. The molecule has 2 atom stereocenters. The van der Waals surface area contributed by atoms with Crippen LogP contribution in [0.2, 0.25) is 0 Å². The molecule has 0 aromatic heterocycles. The summed E-state index contributed by atoms with van der Waals surface area (Å²) in [6.07, 6.45) is -2.51. The summed E-state index contributed by atoms with van der Waals surface area (Å²) in [7, 11) is 4.80. The first-order chi connectivity index (χ1) is 17.8. The van der Waals surface area contributed by atoms with E-state index in [0.717, 1.165) is 34.4 Å². The van der Waals surface area contributed by atoms with Gasteiger partial charge in [0.25, 0.3) is 0 Å². The highest BCUT2D eigenvalue weighted by atomic mass is 35.5. The van der Waals surface area contributed by atoms with Crippen LogP contribution in [0.15, 0.2) is 66.7 Å². The molecule has 0 unspecified atom stereocenters. The first-order valence-electron chi connectivity index (χ1n) is 12.2. The third kappa shape index (κ3) is 6.25. The van der Waals surface area contributed by atoms with Gasteiger partial charge in [-0.2, -0.15) is 13.2 Å². The van der Waals surface area contributed by atoms with Gasteiger partial charge in [-0.1, -0.05) is 42.5 Å². The lowest BCUT2D eigenvalue weighted by Crippen LogP contribution is -2.44. The molecule has 0 bridgehead atoms. The largest absolute Gasteiger partial charge is 0.493 e. The third-order valence-electron chi connectivity index (χ3n) is 6.97. The predicted octanol–water partition coefficient (Wildman–Crippen LogP) is 6.16. The van der Waals surface area contributed by atoms with E-state index in [1.165, 1.54) is 12.1 Å².